The van der Waals surface area contributed by atoms with Gasteiger partial charge >= 0.3 is 0 Å². The number of thioether (sulfide) groups is 1. The number of carbonyl (C=O) groups excluding carboxylic acids is 3. The number of hydrogen-bond donors (Lipinski definition) is 1. The molecule has 0 aliphatic carbocycles. The van der Waals surface area contributed by atoms with Gasteiger partial charge in [-0.1, -0.05) is 12.1 Å². The fourth-order valence-corrected chi connectivity index (χ4v) is 5.20. The smallest absolute Gasteiger partial charge is 0.294 e. The summed E-state index contributed by atoms with van der Waals surface area (Å²) in [5.41, 5.74) is 1.75. The number of anilines is 1. The lowest BCUT2D eigenvalue weighted by atomic mass is 10.1. The number of ether oxygens (including phenoxy) is 3. The van der Waals surface area contributed by atoms with Crippen molar-refractivity contribution in [2.75, 3.05) is 25.1 Å². The molecule has 1 heterocycles. The molecule has 40 heavy (non-hydrogen) atoms. The Kier molecular flexibility index (Phi) is 9.84. The van der Waals surface area contributed by atoms with Gasteiger partial charge in [0.15, 0.2) is 11.5 Å². The van der Waals surface area contributed by atoms with Crippen LogP contribution < -0.4 is 19.5 Å². The summed E-state index contributed by atoms with van der Waals surface area (Å²) < 4.78 is 31.1. The van der Waals surface area contributed by atoms with Crippen LogP contribution in [0.1, 0.15) is 25.0 Å². The summed E-state index contributed by atoms with van der Waals surface area (Å²) in [4.78, 5) is 39.2. The van der Waals surface area contributed by atoms with E-state index in [0.29, 0.717) is 51.7 Å². The highest BCUT2D eigenvalue weighted by atomic mass is 79.9. The fraction of sp³-hybridized carbons (Fsp3) is 0.207. The summed E-state index contributed by atoms with van der Waals surface area (Å²) in [6.45, 7) is 4.27. The van der Waals surface area contributed by atoms with Gasteiger partial charge in [0, 0.05) is 5.69 Å². The Balaban J connectivity index is 1.45. The number of nitrogens with one attached hydrogen (secondary N) is 1. The third-order valence-corrected chi connectivity index (χ3v) is 7.02. The molecular formula is C29H26BrFN2O6S. The van der Waals surface area contributed by atoms with E-state index in [1.54, 1.807) is 54.6 Å². The van der Waals surface area contributed by atoms with Gasteiger partial charge in [-0.15, -0.1) is 0 Å². The van der Waals surface area contributed by atoms with Gasteiger partial charge in [-0.2, -0.15) is 0 Å². The quantitative estimate of drug-likeness (QED) is 0.238. The van der Waals surface area contributed by atoms with Crippen LogP contribution in [0.3, 0.4) is 0 Å². The maximum absolute atomic E-state index is 13.5. The molecule has 1 saturated heterocycles. The van der Waals surface area contributed by atoms with E-state index >= 15 is 0 Å². The Morgan fingerprint density at radius 1 is 1.02 bits per heavy atom. The monoisotopic (exact) mass is 628 g/mol. The van der Waals surface area contributed by atoms with E-state index in [0.717, 1.165) is 16.7 Å². The van der Waals surface area contributed by atoms with Crippen molar-refractivity contribution in [1.82, 2.24) is 4.90 Å². The number of benzene rings is 3. The lowest BCUT2D eigenvalue weighted by molar-refractivity contribution is -0.127. The summed E-state index contributed by atoms with van der Waals surface area (Å²) >= 11 is 4.23. The molecule has 3 amide bonds. The predicted molar refractivity (Wildman–Crippen MR) is 155 cm³/mol. The molecule has 0 spiro atoms. The summed E-state index contributed by atoms with van der Waals surface area (Å²) in [7, 11) is 0. The van der Waals surface area contributed by atoms with E-state index in [-0.39, 0.29) is 17.3 Å². The summed E-state index contributed by atoms with van der Waals surface area (Å²) in [5.74, 6) is 0.0621. The molecule has 4 rings (SSSR count). The van der Waals surface area contributed by atoms with Gasteiger partial charge in [0.2, 0.25) is 5.91 Å². The molecule has 11 heteroatoms. The standard InChI is InChI=1S/C29H26BrFN2O6S/c1-3-37-22-10-8-21(9-11-22)32-26(34)16-33-28(35)25(40-29(33)36)15-19-13-23(30)27(24(14-19)38-4-2)39-17-18-6-5-7-20(31)12-18/h5-15H,3-4,16-17H2,1-2H3,(H,32,34)/b25-15+. The second-order valence-corrected chi connectivity index (χ2v) is 10.3. The van der Waals surface area contributed by atoms with Gasteiger partial charge in [-0.25, -0.2) is 4.39 Å². The number of halogens is 2. The Hall–Kier alpha value is -3.83. The molecule has 0 atom stereocenters. The SMILES string of the molecule is CCOc1ccc(NC(=O)CN2C(=O)S/C(=C/c3cc(Br)c(OCc4cccc(F)c4)c(OCC)c3)C2=O)cc1. The van der Waals surface area contributed by atoms with E-state index in [1.807, 2.05) is 13.8 Å². The van der Waals surface area contributed by atoms with Crippen molar-refractivity contribution in [3.63, 3.8) is 0 Å². The van der Waals surface area contributed by atoms with Crippen molar-refractivity contribution >= 4 is 56.5 Å². The number of amides is 3. The first-order valence-electron chi connectivity index (χ1n) is 12.4. The highest BCUT2D eigenvalue weighted by molar-refractivity contribution is 9.10. The third kappa shape index (κ3) is 7.42. The number of carbonyl (C=O) groups is 3. The number of rotatable bonds is 11. The van der Waals surface area contributed by atoms with Crippen molar-refractivity contribution in [2.45, 2.75) is 20.5 Å². The van der Waals surface area contributed by atoms with E-state index in [9.17, 15) is 18.8 Å². The molecule has 8 nitrogen and oxygen atoms in total. The van der Waals surface area contributed by atoms with Crippen LogP contribution in [0, 0.1) is 5.82 Å². The first-order valence-corrected chi connectivity index (χ1v) is 14.0. The van der Waals surface area contributed by atoms with E-state index in [2.05, 4.69) is 21.2 Å². The molecule has 1 N–H and O–H groups in total. The first kappa shape index (κ1) is 29.2. The van der Waals surface area contributed by atoms with Crippen molar-refractivity contribution in [2.24, 2.45) is 0 Å². The zero-order valence-corrected chi connectivity index (χ0v) is 24.1. The maximum atomic E-state index is 13.5. The topological polar surface area (TPSA) is 94.2 Å². The van der Waals surface area contributed by atoms with Crippen LogP contribution in [0.25, 0.3) is 6.08 Å². The van der Waals surface area contributed by atoms with Crippen molar-refractivity contribution in [3.05, 3.63) is 87.0 Å². The summed E-state index contributed by atoms with van der Waals surface area (Å²) in [6, 6.07) is 16.3. The van der Waals surface area contributed by atoms with Crippen LogP contribution >= 0.6 is 27.7 Å². The Labute approximate surface area is 243 Å². The third-order valence-electron chi connectivity index (χ3n) is 5.53. The van der Waals surface area contributed by atoms with Gasteiger partial charge in [-0.05, 0) is 107 Å². The molecule has 208 valence electrons. The second kappa shape index (κ2) is 13.5. The summed E-state index contributed by atoms with van der Waals surface area (Å²) in [5, 5.41) is 2.13. The van der Waals surface area contributed by atoms with Gasteiger partial charge in [0.1, 0.15) is 24.7 Å². The normalized spacial score (nSPS) is 14.0. The van der Waals surface area contributed by atoms with Gasteiger partial charge in [0.25, 0.3) is 11.1 Å². The molecule has 3 aromatic rings. The Morgan fingerprint density at radius 3 is 2.48 bits per heavy atom. The zero-order valence-electron chi connectivity index (χ0n) is 21.7. The molecule has 1 fully saturated rings. The average molecular weight is 630 g/mol. The van der Waals surface area contributed by atoms with E-state index < -0.39 is 23.6 Å². The molecule has 0 unspecified atom stereocenters. The molecule has 0 radical (unpaired) electrons. The lowest BCUT2D eigenvalue weighted by Gasteiger charge is -2.15. The van der Waals surface area contributed by atoms with Gasteiger partial charge in [0.05, 0.1) is 22.6 Å². The molecular weight excluding hydrogens is 603 g/mol. The minimum atomic E-state index is -0.572. The summed E-state index contributed by atoms with van der Waals surface area (Å²) in [6.07, 6.45) is 1.55. The van der Waals surface area contributed by atoms with Crippen molar-refractivity contribution in [3.8, 4) is 17.2 Å². The van der Waals surface area contributed by atoms with E-state index in [1.165, 1.54) is 12.1 Å². The number of imide groups is 1. The van der Waals surface area contributed by atoms with Crippen LogP contribution in [0.2, 0.25) is 0 Å². The van der Waals surface area contributed by atoms with Crippen LogP contribution in [0.15, 0.2) is 70.0 Å². The van der Waals surface area contributed by atoms with Crippen LogP contribution in [-0.4, -0.2) is 41.7 Å². The van der Waals surface area contributed by atoms with Crippen LogP contribution in [0.4, 0.5) is 14.9 Å². The van der Waals surface area contributed by atoms with Gasteiger partial charge in [-0.3, -0.25) is 19.3 Å². The van der Waals surface area contributed by atoms with Gasteiger partial charge < -0.3 is 19.5 Å². The number of nitrogens with zero attached hydrogens (tertiary/aromatic N) is 1. The minimum Gasteiger partial charge on any atom is -0.494 e. The fourth-order valence-electron chi connectivity index (χ4n) is 3.79. The lowest BCUT2D eigenvalue weighted by Crippen LogP contribution is -2.36. The van der Waals surface area contributed by atoms with Crippen molar-refractivity contribution in [1.29, 1.82) is 0 Å². The Bertz CT molecular complexity index is 1450. The highest BCUT2D eigenvalue weighted by Crippen LogP contribution is 2.39. The Morgan fingerprint density at radius 2 is 1.77 bits per heavy atom. The van der Waals surface area contributed by atoms with Crippen LogP contribution in [0.5, 0.6) is 17.2 Å². The second-order valence-electron chi connectivity index (χ2n) is 8.46. The largest absolute Gasteiger partial charge is 0.494 e. The zero-order chi connectivity index (χ0) is 28.6. The minimum absolute atomic E-state index is 0.118. The molecule has 1 aliphatic rings. The highest BCUT2D eigenvalue weighted by Gasteiger charge is 2.36. The predicted octanol–water partition coefficient (Wildman–Crippen LogP) is 6.64. The van der Waals surface area contributed by atoms with E-state index in [4.69, 9.17) is 14.2 Å². The van der Waals surface area contributed by atoms with Crippen LogP contribution in [-0.2, 0) is 16.2 Å². The molecule has 1 aliphatic heterocycles. The number of hydrogen-bond acceptors (Lipinski definition) is 7. The average Bonchev–Trinajstić information content (AvgIpc) is 3.17. The first-order chi connectivity index (χ1) is 19.3. The molecule has 3 aromatic carbocycles. The molecule has 0 saturated carbocycles. The van der Waals surface area contributed by atoms with Crippen molar-refractivity contribution < 1.29 is 33.0 Å². The molecule has 0 bridgehead atoms. The maximum Gasteiger partial charge on any atom is 0.294 e. The molecule has 0 aromatic heterocycles.